The monoisotopic (exact) mass is 446 g/mol. The SMILES string of the molecule is COc1cc(-c2cc(C(=O)O)c3ccccc3n2)ccc1OCC(=O)Nc1ccccc1F. The van der Waals surface area contributed by atoms with E-state index in [2.05, 4.69) is 10.3 Å². The maximum Gasteiger partial charge on any atom is 0.336 e. The molecule has 1 aromatic heterocycles. The van der Waals surface area contributed by atoms with Crippen LogP contribution < -0.4 is 14.8 Å². The van der Waals surface area contributed by atoms with Crippen molar-refractivity contribution in [1.82, 2.24) is 4.98 Å². The molecule has 0 fully saturated rings. The minimum atomic E-state index is -1.05. The normalized spacial score (nSPS) is 10.6. The molecule has 0 aliphatic heterocycles. The van der Waals surface area contributed by atoms with Crippen molar-refractivity contribution >= 4 is 28.5 Å². The van der Waals surface area contributed by atoms with Gasteiger partial charge < -0.3 is 19.9 Å². The van der Waals surface area contributed by atoms with Gasteiger partial charge in [0.1, 0.15) is 5.82 Å². The lowest BCUT2D eigenvalue weighted by atomic mass is 10.0. The first-order valence-electron chi connectivity index (χ1n) is 9.95. The van der Waals surface area contributed by atoms with E-state index in [0.717, 1.165) is 0 Å². The highest BCUT2D eigenvalue weighted by molar-refractivity contribution is 6.03. The zero-order valence-electron chi connectivity index (χ0n) is 17.5. The molecule has 33 heavy (non-hydrogen) atoms. The largest absolute Gasteiger partial charge is 0.493 e. The summed E-state index contributed by atoms with van der Waals surface area (Å²) in [5, 5.41) is 12.6. The number of carboxylic acids is 1. The predicted octanol–water partition coefficient (Wildman–Crippen LogP) is 4.77. The van der Waals surface area contributed by atoms with Gasteiger partial charge in [-0.1, -0.05) is 30.3 Å². The van der Waals surface area contributed by atoms with Gasteiger partial charge >= 0.3 is 5.97 Å². The number of methoxy groups -OCH3 is 1. The van der Waals surface area contributed by atoms with Gasteiger partial charge in [0, 0.05) is 10.9 Å². The number of pyridine rings is 1. The zero-order valence-corrected chi connectivity index (χ0v) is 17.5. The molecule has 0 saturated carbocycles. The standard InChI is InChI=1S/C25H19FN2O5/c1-32-23-12-15(21-13-17(25(30)31)16-6-2-4-8-19(16)27-21)10-11-22(23)33-14-24(29)28-20-9-5-3-7-18(20)26/h2-13H,14H2,1H3,(H,28,29)(H,30,31). The van der Waals surface area contributed by atoms with E-state index in [-0.39, 0.29) is 17.9 Å². The Kier molecular flexibility index (Phi) is 6.17. The summed E-state index contributed by atoms with van der Waals surface area (Å²) in [5.74, 6) is -1.50. The number of hydrogen-bond donors (Lipinski definition) is 2. The van der Waals surface area contributed by atoms with Crippen LogP contribution in [-0.2, 0) is 4.79 Å². The molecule has 0 saturated heterocycles. The van der Waals surface area contributed by atoms with Gasteiger partial charge in [-0.05, 0) is 42.5 Å². The van der Waals surface area contributed by atoms with Gasteiger partial charge in [0.2, 0.25) is 0 Å². The lowest BCUT2D eigenvalue weighted by molar-refractivity contribution is -0.118. The molecule has 0 atom stereocenters. The number of ether oxygens (including phenoxy) is 2. The molecule has 8 heteroatoms. The second kappa shape index (κ2) is 9.35. The second-order valence-electron chi connectivity index (χ2n) is 7.06. The molecular formula is C25H19FN2O5. The third kappa shape index (κ3) is 4.74. The Balaban J connectivity index is 1.57. The van der Waals surface area contributed by atoms with E-state index < -0.39 is 17.7 Å². The van der Waals surface area contributed by atoms with E-state index in [9.17, 15) is 19.1 Å². The maximum absolute atomic E-state index is 13.7. The fraction of sp³-hybridized carbons (Fsp3) is 0.0800. The number of nitrogens with one attached hydrogen (secondary N) is 1. The van der Waals surface area contributed by atoms with Crippen LogP contribution in [0, 0.1) is 5.82 Å². The number of halogens is 1. The van der Waals surface area contributed by atoms with Crippen molar-refractivity contribution in [3.63, 3.8) is 0 Å². The number of carboxylic acid groups (broad SMARTS) is 1. The molecule has 0 aliphatic carbocycles. The summed E-state index contributed by atoms with van der Waals surface area (Å²) >= 11 is 0. The lowest BCUT2D eigenvalue weighted by Gasteiger charge is -2.13. The van der Waals surface area contributed by atoms with E-state index in [1.807, 2.05) is 0 Å². The molecule has 1 amide bonds. The summed E-state index contributed by atoms with van der Waals surface area (Å²) < 4.78 is 24.6. The van der Waals surface area contributed by atoms with Crippen LogP contribution in [0.1, 0.15) is 10.4 Å². The van der Waals surface area contributed by atoms with Crippen LogP contribution in [0.2, 0.25) is 0 Å². The number of aromatic carboxylic acids is 1. The number of nitrogens with zero attached hydrogens (tertiary/aromatic N) is 1. The molecular weight excluding hydrogens is 427 g/mol. The van der Waals surface area contributed by atoms with E-state index >= 15 is 0 Å². The molecule has 1 heterocycles. The molecule has 3 aromatic carbocycles. The van der Waals surface area contributed by atoms with Gasteiger partial charge in [-0.15, -0.1) is 0 Å². The van der Waals surface area contributed by atoms with Crippen molar-refractivity contribution in [2.75, 3.05) is 19.0 Å². The molecule has 0 unspecified atom stereocenters. The highest BCUT2D eigenvalue weighted by Crippen LogP contribution is 2.33. The van der Waals surface area contributed by atoms with Crippen molar-refractivity contribution in [2.45, 2.75) is 0 Å². The van der Waals surface area contributed by atoms with Crippen molar-refractivity contribution in [3.8, 4) is 22.8 Å². The molecule has 7 nitrogen and oxygen atoms in total. The van der Waals surface area contributed by atoms with Crippen LogP contribution in [0.15, 0.2) is 72.8 Å². The Hall–Kier alpha value is -4.46. The fourth-order valence-corrected chi connectivity index (χ4v) is 3.34. The first-order chi connectivity index (χ1) is 16.0. The Morgan fingerprint density at radius 1 is 1.00 bits per heavy atom. The quantitative estimate of drug-likeness (QED) is 0.425. The van der Waals surface area contributed by atoms with Crippen LogP contribution in [0.4, 0.5) is 10.1 Å². The Bertz CT molecular complexity index is 1360. The van der Waals surface area contributed by atoms with Crippen molar-refractivity contribution in [1.29, 1.82) is 0 Å². The molecule has 0 bridgehead atoms. The number of carbonyl (C=O) groups is 2. The van der Waals surface area contributed by atoms with Crippen LogP contribution in [-0.4, -0.2) is 35.7 Å². The Morgan fingerprint density at radius 3 is 2.52 bits per heavy atom. The lowest BCUT2D eigenvalue weighted by Crippen LogP contribution is -2.20. The highest BCUT2D eigenvalue weighted by Gasteiger charge is 2.15. The summed E-state index contributed by atoms with van der Waals surface area (Å²) in [5.41, 5.74) is 1.82. The number of hydrogen-bond acceptors (Lipinski definition) is 5. The van der Waals surface area contributed by atoms with Crippen LogP contribution in [0.25, 0.3) is 22.2 Å². The topological polar surface area (TPSA) is 97.8 Å². The number of para-hydroxylation sites is 2. The molecule has 2 N–H and O–H groups in total. The molecule has 0 aliphatic rings. The highest BCUT2D eigenvalue weighted by atomic mass is 19.1. The number of anilines is 1. The number of carbonyl (C=O) groups excluding carboxylic acids is 1. The average molecular weight is 446 g/mol. The van der Waals surface area contributed by atoms with Gasteiger partial charge in [-0.2, -0.15) is 0 Å². The van der Waals surface area contributed by atoms with E-state index in [4.69, 9.17) is 9.47 Å². The number of amides is 1. The number of benzene rings is 3. The summed E-state index contributed by atoms with van der Waals surface area (Å²) in [6, 6.07) is 19.3. The zero-order chi connectivity index (χ0) is 23.4. The summed E-state index contributed by atoms with van der Waals surface area (Å²) in [6.45, 7) is -0.360. The molecule has 4 rings (SSSR count). The molecule has 4 aromatic rings. The number of fused-ring (bicyclic) bond motifs is 1. The van der Waals surface area contributed by atoms with Gasteiger partial charge in [-0.25, -0.2) is 14.2 Å². The van der Waals surface area contributed by atoms with Crippen molar-refractivity contribution in [3.05, 3.63) is 84.2 Å². The number of rotatable bonds is 7. The first-order valence-corrected chi connectivity index (χ1v) is 9.95. The van der Waals surface area contributed by atoms with E-state index in [0.29, 0.717) is 33.7 Å². The van der Waals surface area contributed by atoms with E-state index in [1.54, 1.807) is 48.5 Å². The van der Waals surface area contributed by atoms with Gasteiger partial charge in [-0.3, -0.25) is 4.79 Å². The smallest absolute Gasteiger partial charge is 0.336 e. The van der Waals surface area contributed by atoms with Gasteiger partial charge in [0.05, 0.1) is 29.6 Å². The van der Waals surface area contributed by atoms with E-state index in [1.165, 1.54) is 31.4 Å². The Labute approximate surface area is 188 Å². The fourth-order valence-electron chi connectivity index (χ4n) is 3.34. The third-order valence-electron chi connectivity index (χ3n) is 4.91. The average Bonchev–Trinajstić information content (AvgIpc) is 2.83. The first kappa shape index (κ1) is 21.8. The van der Waals surface area contributed by atoms with Crippen molar-refractivity contribution < 1.29 is 28.6 Å². The Morgan fingerprint density at radius 2 is 1.76 bits per heavy atom. The predicted molar refractivity (Wildman–Crippen MR) is 121 cm³/mol. The molecule has 0 radical (unpaired) electrons. The third-order valence-corrected chi connectivity index (χ3v) is 4.91. The summed E-state index contributed by atoms with van der Waals surface area (Å²) in [6.07, 6.45) is 0. The molecule has 0 spiro atoms. The van der Waals surface area contributed by atoms with Gasteiger partial charge in [0.15, 0.2) is 18.1 Å². The van der Waals surface area contributed by atoms with Gasteiger partial charge in [0.25, 0.3) is 5.91 Å². The van der Waals surface area contributed by atoms with Crippen LogP contribution in [0.5, 0.6) is 11.5 Å². The summed E-state index contributed by atoms with van der Waals surface area (Å²) in [4.78, 5) is 28.4. The van der Waals surface area contributed by atoms with Crippen molar-refractivity contribution in [2.24, 2.45) is 0 Å². The second-order valence-corrected chi connectivity index (χ2v) is 7.06. The minimum Gasteiger partial charge on any atom is -0.493 e. The van der Waals surface area contributed by atoms with Crippen LogP contribution >= 0.6 is 0 Å². The minimum absolute atomic E-state index is 0.0602. The summed E-state index contributed by atoms with van der Waals surface area (Å²) in [7, 11) is 1.45. The number of aromatic nitrogens is 1. The van der Waals surface area contributed by atoms with Crippen LogP contribution in [0.3, 0.4) is 0 Å². The molecule has 166 valence electrons. The maximum atomic E-state index is 13.7.